The largest absolute Gasteiger partial charge is 0.396 e. The zero-order chi connectivity index (χ0) is 12.9. The van der Waals surface area contributed by atoms with Crippen LogP contribution in [0, 0.1) is 0 Å². The van der Waals surface area contributed by atoms with E-state index in [4.69, 9.17) is 5.11 Å². The Morgan fingerprint density at radius 2 is 2.06 bits per heavy atom. The van der Waals surface area contributed by atoms with Gasteiger partial charge in [-0.05, 0) is 25.3 Å². The lowest BCUT2D eigenvalue weighted by molar-refractivity contribution is 0.281. The molecule has 0 aliphatic heterocycles. The maximum Gasteiger partial charge on any atom is 0.244 e. The Balaban J connectivity index is 2.58. The molecule has 0 atom stereocenters. The predicted octanol–water partition coefficient (Wildman–Crippen LogP) is 0.808. The van der Waals surface area contributed by atoms with Crippen molar-refractivity contribution >= 4 is 10.0 Å². The first-order valence-electron chi connectivity index (χ1n) is 5.67. The third-order valence-electron chi connectivity index (χ3n) is 2.64. The number of aromatic nitrogens is 1. The summed E-state index contributed by atoms with van der Waals surface area (Å²) in [7, 11) is 0.0212. The normalized spacial score (nSPS) is 12.2. The molecule has 1 heterocycles. The summed E-state index contributed by atoms with van der Waals surface area (Å²) in [6.07, 6.45) is 5.64. The molecule has 0 aromatic carbocycles. The number of hydrogen-bond acceptors (Lipinski definition) is 3. The summed E-state index contributed by atoms with van der Waals surface area (Å²) in [6.45, 7) is 0.645. The second-order valence-electron chi connectivity index (χ2n) is 4.12. The van der Waals surface area contributed by atoms with E-state index in [9.17, 15) is 8.42 Å². The van der Waals surface area contributed by atoms with E-state index < -0.39 is 10.0 Å². The second-order valence-corrected chi connectivity index (χ2v) is 6.17. The lowest BCUT2D eigenvalue weighted by atomic mass is 10.2. The summed E-state index contributed by atoms with van der Waals surface area (Å²) < 4.78 is 27.2. The van der Waals surface area contributed by atoms with Crippen molar-refractivity contribution < 1.29 is 13.5 Å². The molecule has 0 aliphatic rings. The molecule has 6 heteroatoms. The summed E-state index contributed by atoms with van der Waals surface area (Å²) in [5.74, 6) is 0. The molecule has 1 N–H and O–H groups in total. The van der Waals surface area contributed by atoms with Crippen molar-refractivity contribution in [2.75, 3.05) is 20.2 Å². The first-order chi connectivity index (χ1) is 7.98. The number of rotatable bonds is 7. The van der Waals surface area contributed by atoms with E-state index in [0.29, 0.717) is 11.4 Å². The molecule has 1 rings (SSSR count). The molecule has 98 valence electrons. The van der Waals surface area contributed by atoms with Crippen molar-refractivity contribution in [1.82, 2.24) is 8.87 Å². The van der Waals surface area contributed by atoms with Gasteiger partial charge >= 0.3 is 0 Å². The number of aryl methyl sites for hydroxylation is 1. The van der Waals surface area contributed by atoms with Crippen molar-refractivity contribution in [2.24, 2.45) is 7.05 Å². The highest BCUT2D eigenvalue weighted by Gasteiger charge is 2.20. The van der Waals surface area contributed by atoms with Gasteiger partial charge in [0.1, 0.15) is 0 Å². The van der Waals surface area contributed by atoms with Crippen molar-refractivity contribution in [3.05, 3.63) is 18.5 Å². The van der Waals surface area contributed by atoms with Gasteiger partial charge in [0.2, 0.25) is 10.0 Å². The third kappa shape index (κ3) is 3.83. The number of aliphatic hydroxyl groups is 1. The molecule has 5 nitrogen and oxygen atoms in total. The van der Waals surface area contributed by atoms with E-state index in [1.807, 2.05) is 0 Å². The molecule has 17 heavy (non-hydrogen) atoms. The minimum absolute atomic E-state index is 0.162. The lowest BCUT2D eigenvalue weighted by Crippen LogP contribution is -2.27. The highest BCUT2D eigenvalue weighted by Crippen LogP contribution is 2.14. The Labute approximate surface area is 103 Å². The van der Waals surface area contributed by atoms with Gasteiger partial charge in [0, 0.05) is 39.6 Å². The molecule has 0 radical (unpaired) electrons. The van der Waals surface area contributed by atoms with E-state index in [0.717, 1.165) is 19.3 Å². The molecule has 0 bridgehead atoms. The van der Waals surface area contributed by atoms with Crippen LogP contribution in [-0.2, 0) is 17.1 Å². The summed E-state index contributed by atoms with van der Waals surface area (Å²) in [5, 5.41) is 8.64. The molecule has 1 aromatic rings. The molecular weight excluding hydrogens is 240 g/mol. The van der Waals surface area contributed by atoms with Crippen molar-refractivity contribution in [2.45, 2.75) is 24.2 Å². The first kappa shape index (κ1) is 14.2. The van der Waals surface area contributed by atoms with Crippen LogP contribution in [0.25, 0.3) is 0 Å². The summed E-state index contributed by atoms with van der Waals surface area (Å²) in [4.78, 5) is 0.324. The Morgan fingerprint density at radius 3 is 2.59 bits per heavy atom. The summed E-state index contributed by atoms with van der Waals surface area (Å²) in [6, 6.07) is 1.60. The van der Waals surface area contributed by atoms with E-state index >= 15 is 0 Å². The van der Waals surface area contributed by atoms with Crippen LogP contribution in [0.15, 0.2) is 23.4 Å². The van der Waals surface area contributed by atoms with Crippen LogP contribution < -0.4 is 0 Å². The van der Waals surface area contributed by atoms with Crippen LogP contribution in [0.5, 0.6) is 0 Å². The topological polar surface area (TPSA) is 62.5 Å². The van der Waals surface area contributed by atoms with E-state index in [1.54, 1.807) is 37.1 Å². The van der Waals surface area contributed by atoms with Crippen molar-refractivity contribution in [3.63, 3.8) is 0 Å². The van der Waals surface area contributed by atoms with Crippen molar-refractivity contribution in [1.29, 1.82) is 0 Å². The second kappa shape index (κ2) is 6.18. The Morgan fingerprint density at radius 1 is 1.35 bits per heavy atom. The molecule has 0 fully saturated rings. The fourth-order valence-corrected chi connectivity index (χ4v) is 2.82. The highest BCUT2D eigenvalue weighted by molar-refractivity contribution is 7.89. The Hall–Kier alpha value is -0.850. The van der Waals surface area contributed by atoms with Gasteiger partial charge in [0.15, 0.2) is 0 Å². The molecule has 0 saturated carbocycles. The van der Waals surface area contributed by atoms with Crippen LogP contribution in [0.1, 0.15) is 19.3 Å². The first-order valence-corrected chi connectivity index (χ1v) is 7.11. The fraction of sp³-hybridized carbons (Fsp3) is 0.636. The fourth-order valence-electron chi connectivity index (χ4n) is 1.55. The predicted molar refractivity (Wildman–Crippen MR) is 66.2 cm³/mol. The molecule has 0 spiro atoms. The summed E-state index contributed by atoms with van der Waals surface area (Å²) >= 11 is 0. The van der Waals surface area contributed by atoms with Crippen molar-refractivity contribution in [3.8, 4) is 0 Å². The van der Waals surface area contributed by atoms with E-state index in [1.165, 1.54) is 4.31 Å². The molecular formula is C11H20N2O3S. The maximum atomic E-state index is 12.1. The minimum atomic E-state index is -3.36. The molecule has 0 saturated heterocycles. The van der Waals surface area contributed by atoms with E-state index in [2.05, 4.69) is 0 Å². The number of hydrogen-bond donors (Lipinski definition) is 1. The smallest absolute Gasteiger partial charge is 0.244 e. The minimum Gasteiger partial charge on any atom is -0.396 e. The zero-order valence-electron chi connectivity index (χ0n) is 10.3. The standard InChI is InChI=1S/C11H20N2O3S/c1-12-8-6-11(10-12)17(15,16)13(2)7-4-3-5-9-14/h6,8,10,14H,3-5,7,9H2,1-2H3. The average Bonchev–Trinajstić information content (AvgIpc) is 2.71. The third-order valence-corrected chi connectivity index (χ3v) is 4.48. The monoisotopic (exact) mass is 260 g/mol. The van der Waals surface area contributed by atoms with Crippen LogP contribution in [0.3, 0.4) is 0 Å². The van der Waals surface area contributed by atoms with Gasteiger partial charge in [-0.25, -0.2) is 12.7 Å². The maximum absolute atomic E-state index is 12.1. The van der Waals surface area contributed by atoms with Crippen LogP contribution in [0.2, 0.25) is 0 Å². The number of sulfonamides is 1. The highest BCUT2D eigenvalue weighted by atomic mass is 32.2. The van der Waals surface area contributed by atoms with Gasteiger partial charge in [-0.2, -0.15) is 0 Å². The SMILES string of the molecule is CN(CCCCCO)S(=O)(=O)c1ccn(C)c1. The van der Waals surface area contributed by atoms with Gasteiger partial charge in [-0.15, -0.1) is 0 Å². The van der Waals surface area contributed by atoms with Gasteiger partial charge < -0.3 is 9.67 Å². The molecule has 1 aromatic heterocycles. The van der Waals surface area contributed by atoms with Crippen LogP contribution in [0.4, 0.5) is 0 Å². The Kier molecular flexibility index (Phi) is 5.17. The molecule has 0 aliphatic carbocycles. The number of unbranched alkanes of at least 4 members (excludes halogenated alkanes) is 2. The van der Waals surface area contributed by atoms with Crippen LogP contribution in [-0.4, -0.2) is 42.6 Å². The number of aliphatic hydroxyl groups excluding tert-OH is 1. The zero-order valence-corrected chi connectivity index (χ0v) is 11.2. The molecule has 0 amide bonds. The Bertz CT molecular complexity index is 439. The van der Waals surface area contributed by atoms with Gasteiger partial charge in [-0.3, -0.25) is 0 Å². The van der Waals surface area contributed by atoms with E-state index in [-0.39, 0.29) is 6.61 Å². The number of nitrogens with zero attached hydrogens (tertiary/aromatic N) is 2. The lowest BCUT2D eigenvalue weighted by Gasteiger charge is -2.15. The van der Waals surface area contributed by atoms with Gasteiger partial charge in [-0.1, -0.05) is 0 Å². The van der Waals surface area contributed by atoms with Gasteiger partial charge in [0.25, 0.3) is 0 Å². The van der Waals surface area contributed by atoms with Gasteiger partial charge in [0.05, 0.1) is 4.90 Å². The molecule has 0 unspecified atom stereocenters. The van der Waals surface area contributed by atoms with Crippen LogP contribution >= 0.6 is 0 Å². The quantitative estimate of drug-likeness (QED) is 0.738. The average molecular weight is 260 g/mol. The summed E-state index contributed by atoms with van der Waals surface area (Å²) in [5.41, 5.74) is 0.